The van der Waals surface area contributed by atoms with E-state index in [4.69, 9.17) is 4.74 Å². The van der Waals surface area contributed by atoms with E-state index < -0.39 is 0 Å². The molecule has 1 aromatic carbocycles. The fraction of sp³-hybridized carbons (Fsp3) is 0.0909. The van der Waals surface area contributed by atoms with Gasteiger partial charge in [-0.2, -0.15) is 0 Å². The highest BCUT2D eigenvalue weighted by atomic mass is 79.9. The predicted molar refractivity (Wildman–Crippen MR) is 61.7 cm³/mol. The summed E-state index contributed by atoms with van der Waals surface area (Å²) in [5.41, 5.74) is 1.80. The Bertz CT molecular complexity index is 474. The third kappa shape index (κ3) is 2.15. The quantitative estimate of drug-likeness (QED) is 0.783. The Morgan fingerprint density at radius 2 is 2.00 bits per heavy atom. The molecule has 0 saturated carbocycles. The van der Waals surface area contributed by atoms with Gasteiger partial charge in [0, 0.05) is 11.8 Å². The molecule has 2 rings (SSSR count). The average Bonchev–Trinajstić information content (AvgIpc) is 2.29. The molecule has 0 radical (unpaired) electrons. The number of hydrogen-bond acceptors (Lipinski definition) is 3. The Labute approximate surface area is 96.3 Å². The average molecular weight is 265 g/mol. The van der Waals surface area contributed by atoms with Gasteiger partial charge < -0.3 is 4.74 Å². The zero-order chi connectivity index (χ0) is 10.7. The second kappa shape index (κ2) is 4.40. The molecule has 0 aliphatic heterocycles. The van der Waals surface area contributed by atoms with E-state index >= 15 is 0 Å². The molecule has 76 valence electrons. The second-order valence-corrected chi connectivity index (χ2v) is 3.62. The molecule has 0 amide bonds. The van der Waals surface area contributed by atoms with E-state index in [2.05, 4.69) is 25.9 Å². The van der Waals surface area contributed by atoms with Crippen LogP contribution in [0.25, 0.3) is 11.3 Å². The summed E-state index contributed by atoms with van der Waals surface area (Å²) in [6, 6.07) is 9.61. The van der Waals surface area contributed by atoms with E-state index in [0.717, 1.165) is 17.0 Å². The first-order chi connectivity index (χ1) is 7.31. The minimum atomic E-state index is 0.575. The summed E-state index contributed by atoms with van der Waals surface area (Å²) in [6.07, 6.45) is 1.71. The van der Waals surface area contributed by atoms with E-state index in [1.807, 2.05) is 30.3 Å². The van der Waals surface area contributed by atoms with Crippen molar-refractivity contribution in [2.45, 2.75) is 0 Å². The minimum absolute atomic E-state index is 0.575. The molecule has 0 N–H and O–H groups in total. The number of benzene rings is 1. The summed E-state index contributed by atoms with van der Waals surface area (Å²) in [4.78, 5) is 8.26. The Balaban J connectivity index is 2.53. The molecule has 0 spiro atoms. The Morgan fingerprint density at radius 1 is 1.20 bits per heavy atom. The third-order valence-electron chi connectivity index (χ3n) is 2.01. The summed E-state index contributed by atoms with van der Waals surface area (Å²) >= 11 is 3.24. The Kier molecular flexibility index (Phi) is 2.97. The van der Waals surface area contributed by atoms with Crippen molar-refractivity contribution in [1.29, 1.82) is 0 Å². The van der Waals surface area contributed by atoms with Gasteiger partial charge in [0.2, 0.25) is 0 Å². The van der Waals surface area contributed by atoms with Crippen LogP contribution in [-0.4, -0.2) is 17.1 Å². The summed E-state index contributed by atoms with van der Waals surface area (Å²) in [5, 5.41) is 0. The van der Waals surface area contributed by atoms with E-state index in [1.54, 1.807) is 13.3 Å². The Hall–Kier alpha value is -1.42. The predicted octanol–water partition coefficient (Wildman–Crippen LogP) is 2.91. The minimum Gasteiger partial charge on any atom is -0.496 e. The summed E-state index contributed by atoms with van der Waals surface area (Å²) in [7, 11) is 1.65. The van der Waals surface area contributed by atoms with Crippen molar-refractivity contribution in [3.63, 3.8) is 0 Å². The van der Waals surface area contributed by atoms with Gasteiger partial charge in [-0.3, -0.25) is 0 Å². The van der Waals surface area contributed by atoms with Crippen LogP contribution in [0.2, 0.25) is 0 Å². The molecule has 0 aliphatic carbocycles. The number of nitrogens with zero attached hydrogens (tertiary/aromatic N) is 2. The molecule has 0 atom stereocenters. The van der Waals surface area contributed by atoms with E-state index in [1.165, 1.54) is 0 Å². The molecule has 15 heavy (non-hydrogen) atoms. The fourth-order valence-electron chi connectivity index (χ4n) is 1.34. The monoisotopic (exact) mass is 264 g/mol. The van der Waals surface area contributed by atoms with Crippen LogP contribution in [0.15, 0.2) is 41.3 Å². The number of methoxy groups -OCH3 is 1. The first-order valence-corrected chi connectivity index (χ1v) is 5.22. The molecular weight excluding hydrogens is 256 g/mol. The number of rotatable bonds is 2. The van der Waals surface area contributed by atoms with Crippen molar-refractivity contribution in [1.82, 2.24) is 9.97 Å². The van der Waals surface area contributed by atoms with Crippen molar-refractivity contribution in [2.24, 2.45) is 0 Å². The highest BCUT2D eigenvalue weighted by Crippen LogP contribution is 2.27. The number of hydrogen-bond donors (Lipinski definition) is 0. The van der Waals surface area contributed by atoms with Gasteiger partial charge >= 0.3 is 0 Å². The molecule has 0 fully saturated rings. The first-order valence-electron chi connectivity index (χ1n) is 4.43. The SMILES string of the molecule is COc1ccccc1-c1ccnc(Br)n1. The van der Waals surface area contributed by atoms with E-state index in [-0.39, 0.29) is 0 Å². The maximum atomic E-state index is 5.26. The number of para-hydroxylation sites is 1. The zero-order valence-corrected chi connectivity index (χ0v) is 9.73. The lowest BCUT2D eigenvalue weighted by Crippen LogP contribution is -1.91. The number of halogens is 1. The number of ether oxygens (including phenoxy) is 1. The van der Waals surface area contributed by atoms with Crippen LogP contribution >= 0.6 is 15.9 Å². The first kappa shape index (κ1) is 10.1. The van der Waals surface area contributed by atoms with Crippen LogP contribution in [0, 0.1) is 0 Å². The Morgan fingerprint density at radius 3 is 2.73 bits per heavy atom. The van der Waals surface area contributed by atoms with Crippen LogP contribution in [0.5, 0.6) is 5.75 Å². The van der Waals surface area contributed by atoms with Crippen LogP contribution in [-0.2, 0) is 0 Å². The maximum Gasteiger partial charge on any atom is 0.197 e. The van der Waals surface area contributed by atoms with E-state index in [9.17, 15) is 0 Å². The van der Waals surface area contributed by atoms with Crippen molar-refractivity contribution in [2.75, 3.05) is 7.11 Å². The van der Waals surface area contributed by atoms with Crippen molar-refractivity contribution < 1.29 is 4.74 Å². The zero-order valence-electron chi connectivity index (χ0n) is 8.14. The van der Waals surface area contributed by atoms with Gasteiger partial charge in [-0.15, -0.1) is 0 Å². The molecule has 3 nitrogen and oxygen atoms in total. The van der Waals surface area contributed by atoms with Crippen molar-refractivity contribution in [3.05, 3.63) is 41.3 Å². The highest BCUT2D eigenvalue weighted by Gasteiger charge is 2.06. The van der Waals surface area contributed by atoms with Gasteiger partial charge in [-0.25, -0.2) is 9.97 Å². The van der Waals surface area contributed by atoms with Crippen LogP contribution in [0.1, 0.15) is 0 Å². The molecular formula is C11H9BrN2O. The van der Waals surface area contributed by atoms with E-state index in [0.29, 0.717) is 4.73 Å². The van der Waals surface area contributed by atoms with Crippen LogP contribution in [0.4, 0.5) is 0 Å². The topological polar surface area (TPSA) is 35.0 Å². The largest absolute Gasteiger partial charge is 0.496 e. The molecule has 0 saturated heterocycles. The summed E-state index contributed by atoms with van der Waals surface area (Å²) in [5.74, 6) is 0.808. The molecule has 1 heterocycles. The van der Waals surface area contributed by atoms with Crippen molar-refractivity contribution in [3.8, 4) is 17.0 Å². The fourth-order valence-corrected chi connectivity index (χ4v) is 1.65. The summed E-state index contributed by atoms with van der Waals surface area (Å²) < 4.78 is 5.84. The third-order valence-corrected chi connectivity index (χ3v) is 2.39. The lowest BCUT2D eigenvalue weighted by Gasteiger charge is -2.06. The molecule has 2 aromatic rings. The van der Waals surface area contributed by atoms with Gasteiger partial charge in [-0.05, 0) is 34.1 Å². The lowest BCUT2D eigenvalue weighted by atomic mass is 10.1. The smallest absolute Gasteiger partial charge is 0.197 e. The van der Waals surface area contributed by atoms with Crippen molar-refractivity contribution >= 4 is 15.9 Å². The van der Waals surface area contributed by atoms with Gasteiger partial charge in [0.05, 0.1) is 12.8 Å². The second-order valence-electron chi connectivity index (χ2n) is 2.91. The summed E-state index contributed by atoms with van der Waals surface area (Å²) in [6.45, 7) is 0. The highest BCUT2D eigenvalue weighted by molar-refractivity contribution is 9.10. The maximum absolute atomic E-state index is 5.26. The van der Waals surface area contributed by atoms with Gasteiger partial charge in [0.1, 0.15) is 5.75 Å². The van der Waals surface area contributed by atoms with Crippen LogP contribution < -0.4 is 4.74 Å². The van der Waals surface area contributed by atoms with Crippen LogP contribution in [0.3, 0.4) is 0 Å². The van der Waals surface area contributed by atoms with Gasteiger partial charge in [0.15, 0.2) is 4.73 Å². The van der Waals surface area contributed by atoms with Gasteiger partial charge in [0.25, 0.3) is 0 Å². The molecule has 1 aromatic heterocycles. The lowest BCUT2D eigenvalue weighted by molar-refractivity contribution is 0.416. The van der Waals surface area contributed by atoms with Gasteiger partial charge in [-0.1, -0.05) is 12.1 Å². The standard InChI is InChI=1S/C11H9BrN2O/c1-15-10-5-3-2-4-8(10)9-6-7-13-11(12)14-9/h2-7H,1H3. The normalized spacial score (nSPS) is 10.0. The molecule has 0 unspecified atom stereocenters. The number of aromatic nitrogens is 2. The molecule has 4 heteroatoms. The molecule has 0 aliphatic rings. The molecule has 0 bridgehead atoms.